The summed E-state index contributed by atoms with van der Waals surface area (Å²) in [5.41, 5.74) is 5.63. The summed E-state index contributed by atoms with van der Waals surface area (Å²) in [4.78, 5) is 6.59. The molecule has 1 unspecified atom stereocenters. The van der Waals surface area contributed by atoms with Gasteiger partial charge in [-0.15, -0.1) is 0 Å². The second-order valence-electron chi connectivity index (χ2n) is 5.55. The van der Waals surface area contributed by atoms with Crippen LogP contribution in [0.3, 0.4) is 0 Å². The highest BCUT2D eigenvalue weighted by molar-refractivity contribution is 5.68. The van der Waals surface area contributed by atoms with Gasteiger partial charge in [0.2, 0.25) is 0 Å². The Labute approximate surface area is 115 Å². The van der Waals surface area contributed by atoms with E-state index in [0.29, 0.717) is 6.04 Å². The van der Waals surface area contributed by atoms with Gasteiger partial charge in [0.1, 0.15) is 0 Å². The molecular formula is C17H20N2. The predicted molar refractivity (Wildman–Crippen MR) is 79.2 cm³/mol. The third-order valence-electron chi connectivity index (χ3n) is 4.16. The molecule has 0 aliphatic heterocycles. The van der Waals surface area contributed by atoms with E-state index >= 15 is 0 Å². The second-order valence-corrected chi connectivity index (χ2v) is 5.55. The maximum Gasteiger partial charge on any atom is 0.0346 e. The molecule has 0 saturated carbocycles. The first-order valence-corrected chi connectivity index (χ1v) is 6.93. The zero-order valence-corrected chi connectivity index (χ0v) is 11.6. The smallest absolute Gasteiger partial charge is 0.0346 e. The molecule has 0 N–H and O–H groups in total. The van der Waals surface area contributed by atoms with Crippen molar-refractivity contribution < 1.29 is 0 Å². The highest BCUT2D eigenvalue weighted by atomic mass is 15.1. The number of hydrogen-bond donors (Lipinski definition) is 0. The van der Waals surface area contributed by atoms with Gasteiger partial charge in [0.05, 0.1) is 0 Å². The van der Waals surface area contributed by atoms with Crippen LogP contribution in [-0.2, 0) is 12.8 Å². The first-order chi connectivity index (χ1) is 9.25. The van der Waals surface area contributed by atoms with Crippen molar-refractivity contribution in [3.8, 4) is 11.1 Å². The van der Waals surface area contributed by atoms with Crippen molar-refractivity contribution in [3.05, 3.63) is 53.9 Å². The van der Waals surface area contributed by atoms with Crippen LogP contribution >= 0.6 is 0 Å². The number of fused-ring (bicyclic) bond motifs is 1. The summed E-state index contributed by atoms with van der Waals surface area (Å²) >= 11 is 0. The summed E-state index contributed by atoms with van der Waals surface area (Å²) in [5, 5.41) is 0. The van der Waals surface area contributed by atoms with Crippen LogP contribution in [0, 0.1) is 0 Å². The maximum atomic E-state index is 4.24. The van der Waals surface area contributed by atoms with Crippen molar-refractivity contribution in [1.29, 1.82) is 0 Å². The third-order valence-corrected chi connectivity index (χ3v) is 4.16. The van der Waals surface area contributed by atoms with Crippen molar-refractivity contribution >= 4 is 0 Å². The van der Waals surface area contributed by atoms with Crippen LogP contribution in [-0.4, -0.2) is 30.0 Å². The molecule has 2 heteroatoms. The van der Waals surface area contributed by atoms with E-state index in [4.69, 9.17) is 0 Å². The van der Waals surface area contributed by atoms with Crippen LogP contribution in [0.4, 0.5) is 0 Å². The van der Waals surface area contributed by atoms with Crippen molar-refractivity contribution in [3.63, 3.8) is 0 Å². The van der Waals surface area contributed by atoms with Crippen LogP contribution in [0.25, 0.3) is 11.1 Å². The molecule has 3 rings (SSSR count). The number of pyridine rings is 1. The topological polar surface area (TPSA) is 16.1 Å². The Balaban J connectivity index is 2.00. The fourth-order valence-electron chi connectivity index (χ4n) is 3.02. The van der Waals surface area contributed by atoms with Crippen LogP contribution < -0.4 is 0 Å². The van der Waals surface area contributed by atoms with Crippen molar-refractivity contribution in [1.82, 2.24) is 9.88 Å². The average molecular weight is 252 g/mol. The van der Waals surface area contributed by atoms with E-state index in [0.717, 1.165) is 6.42 Å². The summed E-state index contributed by atoms with van der Waals surface area (Å²) in [7, 11) is 4.36. The van der Waals surface area contributed by atoms with Gasteiger partial charge < -0.3 is 4.90 Å². The third kappa shape index (κ3) is 2.41. The Morgan fingerprint density at radius 3 is 2.79 bits per heavy atom. The Morgan fingerprint density at radius 2 is 2.05 bits per heavy atom. The molecule has 0 saturated heterocycles. The second kappa shape index (κ2) is 5.14. The van der Waals surface area contributed by atoms with Crippen molar-refractivity contribution in [2.45, 2.75) is 25.3 Å². The number of hydrogen-bond acceptors (Lipinski definition) is 2. The zero-order valence-electron chi connectivity index (χ0n) is 11.6. The lowest BCUT2D eigenvalue weighted by molar-refractivity contribution is 0.268. The van der Waals surface area contributed by atoms with Gasteiger partial charge in [-0.05, 0) is 56.1 Å². The zero-order chi connectivity index (χ0) is 13.2. The van der Waals surface area contributed by atoms with Crippen LogP contribution in [0.2, 0.25) is 0 Å². The van der Waals surface area contributed by atoms with Gasteiger partial charge >= 0.3 is 0 Å². The highest BCUT2D eigenvalue weighted by Crippen LogP contribution is 2.32. The van der Waals surface area contributed by atoms with Gasteiger partial charge in [-0.1, -0.05) is 24.3 Å². The lowest BCUT2D eigenvalue weighted by Crippen LogP contribution is -2.33. The van der Waals surface area contributed by atoms with E-state index in [1.165, 1.54) is 35.1 Å². The predicted octanol–water partition coefficient (Wildman–Crippen LogP) is 3.17. The van der Waals surface area contributed by atoms with Crippen molar-refractivity contribution in [2.75, 3.05) is 14.1 Å². The van der Waals surface area contributed by atoms with E-state index < -0.39 is 0 Å². The fourth-order valence-corrected chi connectivity index (χ4v) is 3.02. The first kappa shape index (κ1) is 12.4. The van der Waals surface area contributed by atoms with E-state index in [1.54, 1.807) is 0 Å². The average Bonchev–Trinajstić information content (AvgIpc) is 2.47. The van der Waals surface area contributed by atoms with E-state index in [-0.39, 0.29) is 0 Å². The molecule has 0 fully saturated rings. The molecule has 1 heterocycles. The number of rotatable bonds is 2. The van der Waals surface area contributed by atoms with E-state index in [1.807, 2.05) is 18.5 Å². The van der Waals surface area contributed by atoms with E-state index in [9.17, 15) is 0 Å². The van der Waals surface area contributed by atoms with Gasteiger partial charge in [0.15, 0.2) is 0 Å². The highest BCUT2D eigenvalue weighted by Gasteiger charge is 2.22. The molecule has 1 aromatic heterocycles. The minimum absolute atomic E-state index is 0.677. The first-order valence-electron chi connectivity index (χ1n) is 6.93. The minimum Gasteiger partial charge on any atom is -0.306 e. The number of benzene rings is 1. The number of likely N-dealkylation sites (N-methyl/N-ethyl adjacent to an activating group) is 1. The Hall–Kier alpha value is -1.67. The summed E-state index contributed by atoms with van der Waals surface area (Å²) in [6, 6.07) is 11.5. The molecule has 0 amide bonds. The van der Waals surface area contributed by atoms with Gasteiger partial charge in [0.25, 0.3) is 0 Å². The standard InChI is InChI=1S/C17H20N2/c1-19(2)15-8-9-17-13(11-15)5-3-7-16(17)14-6-4-10-18-12-14/h3-7,10,12,15H,8-9,11H2,1-2H3. The van der Waals surface area contributed by atoms with Gasteiger partial charge in [-0.2, -0.15) is 0 Å². The van der Waals surface area contributed by atoms with Gasteiger partial charge in [-0.3, -0.25) is 4.98 Å². The molecule has 0 spiro atoms. The molecule has 2 aromatic rings. The molecule has 0 radical (unpaired) electrons. The number of nitrogens with zero attached hydrogens (tertiary/aromatic N) is 2. The van der Waals surface area contributed by atoms with Gasteiger partial charge in [-0.25, -0.2) is 0 Å². The van der Waals surface area contributed by atoms with E-state index in [2.05, 4.69) is 48.2 Å². The van der Waals surface area contributed by atoms with Crippen LogP contribution in [0.1, 0.15) is 17.5 Å². The summed E-state index contributed by atoms with van der Waals surface area (Å²) < 4.78 is 0. The maximum absolute atomic E-state index is 4.24. The summed E-state index contributed by atoms with van der Waals surface area (Å²) in [5.74, 6) is 0. The minimum atomic E-state index is 0.677. The summed E-state index contributed by atoms with van der Waals surface area (Å²) in [6.07, 6.45) is 7.38. The molecule has 1 aliphatic carbocycles. The monoisotopic (exact) mass is 252 g/mol. The molecule has 1 atom stereocenters. The molecule has 2 nitrogen and oxygen atoms in total. The Kier molecular flexibility index (Phi) is 3.34. The lowest BCUT2D eigenvalue weighted by atomic mass is 9.83. The quantitative estimate of drug-likeness (QED) is 0.816. The summed E-state index contributed by atoms with van der Waals surface area (Å²) in [6.45, 7) is 0. The molecule has 19 heavy (non-hydrogen) atoms. The van der Waals surface area contributed by atoms with Gasteiger partial charge in [0, 0.05) is 24.0 Å². The molecule has 1 aromatic carbocycles. The largest absolute Gasteiger partial charge is 0.306 e. The molecular weight excluding hydrogens is 232 g/mol. The fraction of sp³-hybridized carbons (Fsp3) is 0.353. The van der Waals surface area contributed by atoms with Crippen molar-refractivity contribution in [2.24, 2.45) is 0 Å². The SMILES string of the molecule is CN(C)C1CCc2c(cccc2-c2cccnc2)C1. The Morgan fingerprint density at radius 1 is 1.16 bits per heavy atom. The molecule has 0 bridgehead atoms. The van der Waals surface area contributed by atoms with Crippen LogP contribution in [0.5, 0.6) is 0 Å². The molecule has 1 aliphatic rings. The lowest BCUT2D eigenvalue weighted by Gasteiger charge is -2.31. The molecule has 98 valence electrons. The Bertz CT molecular complexity index is 561. The normalized spacial score (nSPS) is 18.4. The number of aromatic nitrogens is 1. The van der Waals surface area contributed by atoms with Crippen LogP contribution in [0.15, 0.2) is 42.7 Å².